The Morgan fingerprint density at radius 1 is 0.909 bits per heavy atom. The molecule has 0 saturated carbocycles. The van der Waals surface area contributed by atoms with Crippen molar-refractivity contribution in [2.75, 3.05) is 26.9 Å². The van der Waals surface area contributed by atoms with Crippen molar-refractivity contribution in [3.05, 3.63) is 107 Å². The molecule has 0 spiro atoms. The number of esters is 2. The van der Waals surface area contributed by atoms with Crippen molar-refractivity contribution >= 4 is 28.8 Å². The zero-order chi connectivity index (χ0) is 31.6. The standard InChI is InChI=1S/C36H38O7S/c1-6-41-35(38)29-14-11-26(19-23(29)2)36(39)44-28-13-16-31-30-15-12-27(20-32(30)25(4)33(31)21-28)42-17-9-7-8-10-18-43-34(37)24(3)22-40-5/h6,11-16,19-21,25H,1,3,7-10,17-18,22H2,2,4-5H3. The molecule has 1 unspecified atom stereocenters. The van der Waals surface area contributed by atoms with Crippen LogP contribution in [0.1, 0.15) is 75.9 Å². The lowest BCUT2D eigenvalue weighted by Gasteiger charge is -2.11. The minimum Gasteiger partial charge on any atom is -0.494 e. The number of aryl methyl sites for hydroxylation is 1. The average Bonchev–Trinajstić information content (AvgIpc) is 3.28. The lowest BCUT2D eigenvalue weighted by Crippen LogP contribution is -2.11. The van der Waals surface area contributed by atoms with Gasteiger partial charge in [0.1, 0.15) is 5.75 Å². The second kappa shape index (κ2) is 15.5. The molecular weight excluding hydrogens is 576 g/mol. The zero-order valence-corrected chi connectivity index (χ0v) is 26.3. The van der Waals surface area contributed by atoms with Crippen molar-refractivity contribution in [1.29, 1.82) is 0 Å². The third-order valence-electron chi connectivity index (χ3n) is 7.50. The van der Waals surface area contributed by atoms with E-state index in [1.807, 2.05) is 12.1 Å². The monoisotopic (exact) mass is 614 g/mol. The molecule has 3 aromatic carbocycles. The molecule has 0 heterocycles. The summed E-state index contributed by atoms with van der Waals surface area (Å²) < 4.78 is 21.0. The highest BCUT2D eigenvalue weighted by Crippen LogP contribution is 2.47. The number of thioether (sulfide) groups is 1. The topological polar surface area (TPSA) is 88.1 Å². The van der Waals surface area contributed by atoms with Crippen LogP contribution in [0.5, 0.6) is 5.75 Å². The number of hydrogen-bond acceptors (Lipinski definition) is 8. The predicted molar refractivity (Wildman–Crippen MR) is 172 cm³/mol. The van der Waals surface area contributed by atoms with Crippen molar-refractivity contribution in [3.63, 3.8) is 0 Å². The maximum Gasteiger partial charge on any atom is 0.343 e. The van der Waals surface area contributed by atoms with Gasteiger partial charge in [0.15, 0.2) is 0 Å². The van der Waals surface area contributed by atoms with Gasteiger partial charge in [-0.1, -0.05) is 32.2 Å². The van der Waals surface area contributed by atoms with E-state index in [2.05, 4.69) is 44.3 Å². The Morgan fingerprint density at radius 2 is 1.61 bits per heavy atom. The van der Waals surface area contributed by atoms with Gasteiger partial charge in [0.2, 0.25) is 5.12 Å². The second-order valence-electron chi connectivity index (χ2n) is 10.6. The highest BCUT2D eigenvalue weighted by Gasteiger charge is 2.26. The van der Waals surface area contributed by atoms with Crippen LogP contribution in [0.2, 0.25) is 0 Å². The van der Waals surface area contributed by atoms with E-state index in [1.165, 1.54) is 41.1 Å². The van der Waals surface area contributed by atoms with Crippen molar-refractivity contribution < 1.29 is 33.3 Å². The molecule has 0 fully saturated rings. The van der Waals surface area contributed by atoms with Crippen LogP contribution in [0.25, 0.3) is 11.1 Å². The number of methoxy groups -OCH3 is 1. The van der Waals surface area contributed by atoms with E-state index in [4.69, 9.17) is 18.9 Å². The van der Waals surface area contributed by atoms with Crippen LogP contribution < -0.4 is 4.74 Å². The molecule has 4 rings (SSSR count). The maximum atomic E-state index is 13.1. The fourth-order valence-electron chi connectivity index (χ4n) is 5.18. The van der Waals surface area contributed by atoms with Gasteiger partial charge in [0.25, 0.3) is 0 Å². The van der Waals surface area contributed by atoms with Gasteiger partial charge in [0.05, 0.1) is 37.2 Å². The third kappa shape index (κ3) is 8.07. The SMILES string of the molecule is C=COC(=O)c1ccc(C(=O)Sc2ccc3c(c2)C(C)c2cc(OCCCCCCOC(=O)C(=C)COC)ccc2-3)cc1C. The van der Waals surface area contributed by atoms with Crippen molar-refractivity contribution in [3.8, 4) is 16.9 Å². The number of rotatable bonds is 15. The highest BCUT2D eigenvalue weighted by molar-refractivity contribution is 8.14. The Labute approximate surface area is 263 Å². The largest absolute Gasteiger partial charge is 0.494 e. The van der Waals surface area contributed by atoms with E-state index >= 15 is 0 Å². The Hall–Kier alpha value is -4.14. The summed E-state index contributed by atoms with van der Waals surface area (Å²) in [5.41, 5.74) is 6.66. The Morgan fingerprint density at radius 3 is 2.32 bits per heavy atom. The van der Waals surface area contributed by atoms with Gasteiger partial charge in [-0.3, -0.25) is 4.79 Å². The first-order valence-electron chi connectivity index (χ1n) is 14.6. The smallest absolute Gasteiger partial charge is 0.343 e. The maximum absolute atomic E-state index is 13.1. The van der Waals surface area contributed by atoms with Crippen LogP contribution in [0, 0.1) is 6.92 Å². The number of carbonyl (C=O) groups is 3. The van der Waals surface area contributed by atoms with Gasteiger partial charge in [-0.25, -0.2) is 9.59 Å². The first-order chi connectivity index (χ1) is 21.2. The van der Waals surface area contributed by atoms with Gasteiger partial charge in [-0.05, 0) is 115 Å². The molecule has 3 aromatic rings. The van der Waals surface area contributed by atoms with Crippen molar-refractivity contribution in [2.45, 2.75) is 50.3 Å². The number of carbonyl (C=O) groups excluding carboxylic acids is 3. The third-order valence-corrected chi connectivity index (χ3v) is 8.41. The molecule has 0 aromatic heterocycles. The molecule has 0 amide bonds. The number of hydrogen-bond donors (Lipinski definition) is 0. The normalized spacial score (nSPS) is 13.0. The summed E-state index contributed by atoms with van der Waals surface area (Å²) in [6, 6.07) is 17.4. The van der Waals surface area contributed by atoms with E-state index in [9.17, 15) is 14.4 Å². The first-order valence-corrected chi connectivity index (χ1v) is 15.4. The lowest BCUT2D eigenvalue weighted by molar-refractivity contribution is -0.139. The molecule has 0 bridgehead atoms. The molecule has 230 valence electrons. The number of benzene rings is 3. The summed E-state index contributed by atoms with van der Waals surface area (Å²) in [5, 5.41) is -0.0930. The van der Waals surface area contributed by atoms with Crippen LogP contribution in [-0.2, 0) is 19.0 Å². The van der Waals surface area contributed by atoms with E-state index in [0.29, 0.717) is 35.5 Å². The second-order valence-corrected chi connectivity index (χ2v) is 11.7. The van der Waals surface area contributed by atoms with Gasteiger partial charge in [0, 0.05) is 23.5 Å². The van der Waals surface area contributed by atoms with Crippen molar-refractivity contribution in [1.82, 2.24) is 0 Å². The molecule has 0 N–H and O–H groups in total. The summed E-state index contributed by atoms with van der Waals surface area (Å²) in [6.07, 6.45) is 4.73. The molecule has 0 aliphatic heterocycles. The molecule has 8 heteroatoms. The number of unbranched alkanes of at least 4 members (excludes halogenated alkanes) is 3. The average molecular weight is 615 g/mol. The van der Waals surface area contributed by atoms with Gasteiger partial charge >= 0.3 is 11.9 Å². The molecule has 0 saturated heterocycles. The molecule has 1 atom stereocenters. The van der Waals surface area contributed by atoms with Gasteiger partial charge < -0.3 is 18.9 Å². The van der Waals surface area contributed by atoms with Crippen LogP contribution >= 0.6 is 11.8 Å². The summed E-state index contributed by atoms with van der Waals surface area (Å²) in [6.45, 7) is 12.2. The van der Waals surface area contributed by atoms with Crippen LogP contribution in [-0.4, -0.2) is 44.0 Å². The molecular formula is C36H38O7S. The quantitative estimate of drug-likeness (QED) is 0.0559. The molecule has 1 aliphatic rings. The summed E-state index contributed by atoms with van der Waals surface area (Å²) in [7, 11) is 1.52. The Kier molecular flexibility index (Phi) is 11.6. The fourth-order valence-corrected chi connectivity index (χ4v) is 5.96. The van der Waals surface area contributed by atoms with Crippen molar-refractivity contribution in [2.24, 2.45) is 0 Å². The van der Waals surface area contributed by atoms with Crippen LogP contribution in [0.3, 0.4) is 0 Å². The fraction of sp³-hybridized carbons (Fsp3) is 0.306. The minimum atomic E-state index is -0.497. The molecule has 7 nitrogen and oxygen atoms in total. The molecule has 44 heavy (non-hydrogen) atoms. The number of ether oxygens (including phenoxy) is 4. The molecule has 0 radical (unpaired) electrons. The summed E-state index contributed by atoms with van der Waals surface area (Å²) in [4.78, 5) is 37.7. The highest BCUT2D eigenvalue weighted by atomic mass is 32.2. The Balaban J connectivity index is 1.27. The predicted octanol–water partition coefficient (Wildman–Crippen LogP) is 8.05. The van der Waals surface area contributed by atoms with Gasteiger partial charge in [-0.2, -0.15) is 0 Å². The van der Waals surface area contributed by atoms with E-state index in [-0.39, 0.29) is 17.6 Å². The zero-order valence-electron chi connectivity index (χ0n) is 25.5. The van der Waals surface area contributed by atoms with Crippen LogP contribution in [0.15, 0.2) is 84.5 Å². The number of fused-ring (bicyclic) bond motifs is 3. The van der Waals surface area contributed by atoms with E-state index < -0.39 is 11.9 Å². The van der Waals surface area contributed by atoms with Crippen LogP contribution in [0.4, 0.5) is 0 Å². The summed E-state index contributed by atoms with van der Waals surface area (Å²) in [5.74, 6) is 0.107. The lowest BCUT2D eigenvalue weighted by atomic mass is 9.99. The molecule has 1 aliphatic carbocycles. The summed E-state index contributed by atoms with van der Waals surface area (Å²) >= 11 is 1.18. The van der Waals surface area contributed by atoms with E-state index in [0.717, 1.165) is 42.6 Å². The van der Waals surface area contributed by atoms with Gasteiger partial charge in [-0.15, -0.1) is 0 Å². The van der Waals surface area contributed by atoms with E-state index in [1.54, 1.807) is 25.1 Å². The Bertz CT molecular complexity index is 1560. The minimum absolute atomic E-state index is 0.0930. The first kappa shape index (κ1) is 32.8.